The number of anilines is 1. The molecule has 0 radical (unpaired) electrons. The van der Waals surface area contributed by atoms with Crippen molar-refractivity contribution in [3.05, 3.63) is 11.9 Å². The average molecular weight is 254 g/mol. The number of morpholine rings is 1. The molecular weight excluding hydrogens is 236 g/mol. The van der Waals surface area contributed by atoms with Crippen molar-refractivity contribution in [2.24, 2.45) is 0 Å². The third-order valence-electron chi connectivity index (χ3n) is 2.95. The lowest BCUT2D eigenvalue weighted by molar-refractivity contribution is -0.0448. The number of aliphatic hydroxyl groups is 1. The van der Waals surface area contributed by atoms with Crippen LogP contribution in [-0.4, -0.2) is 58.1 Å². The van der Waals surface area contributed by atoms with Crippen LogP contribution in [0.2, 0.25) is 0 Å². The lowest BCUT2D eigenvalue weighted by Gasteiger charge is -2.31. The van der Waals surface area contributed by atoms with Gasteiger partial charge < -0.3 is 20.5 Å². The van der Waals surface area contributed by atoms with Crippen molar-refractivity contribution in [3.8, 4) is 0 Å². The maximum Gasteiger partial charge on any atom is 0.276 e. The fraction of sp³-hybridized carbons (Fsp3) is 0.636. The Morgan fingerprint density at radius 3 is 3.11 bits per heavy atom. The lowest BCUT2D eigenvalue weighted by atomic mass is 10.2. The maximum atomic E-state index is 12.2. The minimum Gasteiger partial charge on any atom is -0.396 e. The first-order valence-corrected chi connectivity index (χ1v) is 6.00. The Kier molecular flexibility index (Phi) is 3.83. The summed E-state index contributed by atoms with van der Waals surface area (Å²) in [4.78, 5) is 13.9. The number of hydrogen-bond donors (Lipinski definition) is 2. The molecule has 7 nitrogen and oxygen atoms in total. The first kappa shape index (κ1) is 12.8. The van der Waals surface area contributed by atoms with Crippen LogP contribution >= 0.6 is 0 Å². The van der Waals surface area contributed by atoms with Crippen molar-refractivity contribution in [3.63, 3.8) is 0 Å². The molecule has 1 amide bonds. The van der Waals surface area contributed by atoms with Gasteiger partial charge in [0.2, 0.25) is 0 Å². The monoisotopic (exact) mass is 254 g/mol. The highest BCUT2D eigenvalue weighted by molar-refractivity contribution is 5.97. The minimum absolute atomic E-state index is 0.0946. The third kappa shape index (κ3) is 2.46. The normalized spacial score (nSPS) is 20.1. The number of rotatable bonds is 3. The molecule has 0 aromatic carbocycles. The Morgan fingerprint density at radius 2 is 2.50 bits per heavy atom. The fourth-order valence-corrected chi connectivity index (χ4v) is 1.93. The highest BCUT2D eigenvalue weighted by Crippen LogP contribution is 2.14. The number of nitrogens with two attached hydrogens (primary N) is 1. The number of amides is 1. The molecule has 0 bridgehead atoms. The van der Waals surface area contributed by atoms with E-state index in [1.165, 1.54) is 0 Å². The van der Waals surface area contributed by atoms with Crippen molar-refractivity contribution >= 4 is 11.6 Å². The van der Waals surface area contributed by atoms with Gasteiger partial charge in [-0.25, -0.2) is 0 Å². The summed E-state index contributed by atoms with van der Waals surface area (Å²) in [5, 5.41) is 13.2. The fourth-order valence-electron chi connectivity index (χ4n) is 1.93. The number of hydrogen-bond acceptors (Lipinski definition) is 5. The lowest BCUT2D eigenvalue weighted by Crippen LogP contribution is -2.47. The quantitative estimate of drug-likeness (QED) is 0.745. The second-order valence-electron chi connectivity index (χ2n) is 4.22. The van der Waals surface area contributed by atoms with E-state index in [0.29, 0.717) is 31.9 Å². The van der Waals surface area contributed by atoms with Crippen molar-refractivity contribution < 1.29 is 14.6 Å². The van der Waals surface area contributed by atoms with Crippen LogP contribution in [0.25, 0.3) is 0 Å². The molecule has 0 saturated carbocycles. The number of nitrogen functional groups attached to an aromatic ring is 1. The van der Waals surface area contributed by atoms with E-state index in [0.717, 1.165) is 0 Å². The van der Waals surface area contributed by atoms with Crippen molar-refractivity contribution in [1.82, 2.24) is 14.7 Å². The highest BCUT2D eigenvalue weighted by atomic mass is 16.5. The largest absolute Gasteiger partial charge is 0.396 e. The zero-order valence-corrected chi connectivity index (χ0v) is 10.4. The van der Waals surface area contributed by atoms with Crippen LogP contribution in [-0.2, 0) is 11.3 Å². The maximum absolute atomic E-state index is 12.2. The standard InChI is InChI=1S/C11H18N4O3/c1-2-15-6-9(12)10(13-15)11(17)14-3-4-18-8(5-14)7-16/h6,8,16H,2-5,7,12H2,1H3. The summed E-state index contributed by atoms with van der Waals surface area (Å²) >= 11 is 0. The predicted molar refractivity (Wildman–Crippen MR) is 65.0 cm³/mol. The number of nitrogens with zero attached hydrogens (tertiary/aromatic N) is 3. The second kappa shape index (κ2) is 5.36. The molecule has 1 aromatic rings. The molecule has 0 aliphatic carbocycles. The summed E-state index contributed by atoms with van der Waals surface area (Å²) < 4.78 is 6.93. The molecule has 7 heteroatoms. The van der Waals surface area contributed by atoms with Crippen molar-refractivity contribution in [2.75, 3.05) is 32.0 Å². The Morgan fingerprint density at radius 1 is 1.72 bits per heavy atom. The Labute approximate surface area is 105 Å². The van der Waals surface area contributed by atoms with E-state index < -0.39 is 0 Å². The van der Waals surface area contributed by atoms with Gasteiger partial charge in [0.15, 0.2) is 5.69 Å². The molecule has 2 rings (SSSR count). The number of aromatic nitrogens is 2. The smallest absolute Gasteiger partial charge is 0.276 e. The van der Waals surface area contributed by atoms with E-state index in [2.05, 4.69) is 5.10 Å². The number of aryl methyl sites for hydroxylation is 1. The summed E-state index contributed by atoms with van der Waals surface area (Å²) in [6.45, 7) is 3.78. The molecular formula is C11H18N4O3. The molecule has 1 aliphatic heterocycles. The van der Waals surface area contributed by atoms with Crippen molar-refractivity contribution in [1.29, 1.82) is 0 Å². The summed E-state index contributed by atoms with van der Waals surface area (Å²) in [5.74, 6) is -0.207. The van der Waals surface area contributed by atoms with E-state index in [-0.39, 0.29) is 24.3 Å². The van der Waals surface area contributed by atoms with Gasteiger partial charge in [0, 0.05) is 25.8 Å². The highest BCUT2D eigenvalue weighted by Gasteiger charge is 2.27. The summed E-state index contributed by atoms with van der Waals surface area (Å²) in [5.41, 5.74) is 6.44. The van der Waals surface area contributed by atoms with Crippen LogP contribution in [0.4, 0.5) is 5.69 Å². The van der Waals surface area contributed by atoms with E-state index >= 15 is 0 Å². The Hall–Kier alpha value is -1.60. The van der Waals surface area contributed by atoms with Gasteiger partial charge in [0.25, 0.3) is 5.91 Å². The topological polar surface area (TPSA) is 93.6 Å². The molecule has 1 aromatic heterocycles. The molecule has 2 heterocycles. The van der Waals surface area contributed by atoms with Crippen LogP contribution in [0.5, 0.6) is 0 Å². The molecule has 18 heavy (non-hydrogen) atoms. The molecule has 1 fully saturated rings. The van der Waals surface area contributed by atoms with Gasteiger partial charge in [-0.3, -0.25) is 9.48 Å². The van der Waals surface area contributed by atoms with E-state index in [1.807, 2.05) is 6.92 Å². The Balaban J connectivity index is 2.12. The number of carbonyl (C=O) groups is 1. The van der Waals surface area contributed by atoms with Gasteiger partial charge in [-0.1, -0.05) is 0 Å². The molecule has 1 aliphatic rings. The zero-order valence-electron chi connectivity index (χ0n) is 10.4. The average Bonchev–Trinajstić information content (AvgIpc) is 2.79. The number of ether oxygens (including phenoxy) is 1. The number of carbonyl (C=O) groups excluding carboxylic acids is 1. The zero-order chi connectivity index (χ0) is 13.1. The van der Waals surface area contributed by atoms with E-state index in [9.17, 15) is 4.79 Å². The molecule has 1 atom stereocenters. The first-order valence-electron chi connectivity index (χ1n) is 6.00. The van der Waals surface area contributed by atoms with E-state index in [4.69, 9.17) is 15.6 Å². The molecule has 100 valence electrons. The summed E-state index contributed by atoms with van der Waals surface area (Å²) in [6, 6.07) is 0. The van der Waals surface area contributed by atoms with Gasteiger partial charge in [-0.15, -0.1) is 0 Å². The van der Waals surface area contributed by atoms with Gasteiger partial charge in [0.1, 0.15) is 0 Å². The van der Waals surface area contributed by atoms with Crippen LogP contribution in [0.3, 0.4) is 0 Å². The molecule has 3 N–H and O–H groups in total. The molecule has 1 saturated heterocycles. The van der Waals surface area contributed by atoms with Gasteiger partial charge in [-0.2, -0.15) is 5.10 Å². The van der Waals surface area contributed by atoms with Crippen LogP contribution in [0, 0.1) is 0 Å². The van der Waals surface area contributed by atoms with Gasteiger partial charge >= 0.3 is 0 Å². The van der Waals surface area contributed by atoms with Crippen LogP contribution in [0.1, 0.15) is 17.4 Å². The van der Waals surface area contributed by atoms with Crippen molar-refractivity contribution in [2.45, 2.75) is 19.6 Å². The summed E-state index contributed by atoms with van der Waals surface area (Å²) in [6.07, 6.45) is 1.33. The van der Waals surface area contributed by atoms with Gasteiger partial charge in [-0.05, 0) is 6.92 Å². The minimum atomic E-state index is -0.322. The molecule has 1 unspecified atom stereocenters. The summed E-state index contributed by atoms with van der Waals surface area (Å²) in [7, 11) is 0. The van der Waals surface area contributed by atoms with Crippen LogP contribution < -0.4 is 5.73 Å². The molecule has 0 spiro atoms. The van der Waals surface area contributed by atoms with E-state index in [1.54, 1.807) is 15.8 Å². The third-order valence-corrected chi connectivity index (χ3v) is 2.95. The predicted octanol–water partition coefficient (Wildman–Crippen LogP) is -0.681. The second-order valence-corrected chi connectivity index (χ2v) is 4.22. The SMILES string of the molecule is CCn1cc(N)c(C(=O)N2CCOC(CO)C2)n1. The number of aliphatic hydroxyl groups excluding tert-OH is 1. The van der Waals surface area contributed by atoms with Gasteiger partial charge in [0.05, 0.1) is 25.0 Å². The first-order chi connectivity index (χ1) is 8.65. The van der Waals surface area contributed by atoms with Crippen LogP contribution in [0.15, 0.2) is 6.20 Å². The Bertz CT molecular complexity index is 432.